The van der Waals surface area contributed by atoms with E-state index in [9.17, 15) is 18.0 Å². The molecule has 1 N–H and O–H groups in total. The van der Waals surface area contributed by atoms with Crippen molar-refractivity contribution in [2.24, 2.45) is 5.92 Å². The van der Waals surface area contributed by atoms with Crippen LogP contribution in [0, 0.1) is 12.8 Å². The van der Waals surface area contributed by atoms with E-state index >= 15 is 0 Å². The van der Waals surface area contributed by atoms with E-state index in [1.165, 1.54) is 17.0 Å². The third-order valence-electron chi connectivity index (χ3n) is 7.15. The minimum atomic E-state index is -4.13. The van der Waals surface area contributed by atoms with Crippen LogP contribution in [0.15, 0.2) is 114 Å². The molecule has 1 atom stereocenters. The Labute approximate surface area is 265 Å². The number of hydrogen-bond acceptors (Lipinski definition) is 4. The van der Waals surface area contributed by atoms with Crippen LogP contribution >= 0.6 is 11.6 Å². The van der Waals surface area contributed by atoms with Gasteiger partial charge in [0.25, 0.3) is 10.0 Å². The van der Waals surface area contributed by atoms with Gasteiger partial charge in [0.05, 0.1) is 10.6 Å². The van der Waals surface area contributed by atoms with E-state index in [4.69, 9.17) is 11.6 Å². The van der Waals surface area contributed by atoms with Crippen molar-refractivity contribution in [1.29, 1.82) is 0 Å². The zero-order valence-corrected chi connectivity index (χ0v) is 26.8. The number of carbonyl (C=O) groups is 2. The fourth-order valence-corrected chi connectivity index (χ4v) is 6.28. The highest BCUT2D eigenvalue weighted by Crippen LogP contribution is 2.25. The molecule has 7 nitrogen and oxygen atoms in total. The van der Waals surface area contributed by atoms with E-state index in [1.54, 1.807) is 66.7 Å². The van der Waals surface area contributed by atoms with Gasteiger partial charge in [0.2, 0.25) is 11.8 Å². The topological polar surface area (TPSA) is 86.8 Å². The van der Waals surface area contributed by atoms with Crippen molar-refractivity contribution < 1.29 is 18.0 Å². The molecular formula is C35H38ClN3O4S. The van der Waals surface area contributed by atoms with Gasteiger partial charge in [-0.25, -0.2) is 8.42 Å². The number of sulfonamides is 1. The average molecular weight is 632 g/mol. The summed E-state index contributed by atoms with van der Waals surface area (Å²) in [4.78, 5) is 29.8. The van der Waals surface area contributed by atoms with Crippen LogP contribution < -0.4 is 9.62 Å². The third-order valence-corrected chi connectivity index (χ3v) is 9.19. The summed E-state index contributed by atoms with van der Waals surface area (Å²) in [7, 11) is -4.13. The molecule has 44 heavy (non-hydrogen) atoms. The zero-order chi connectivity index (χ0) is 31.7. The van der Waals surface area contributed by atoms with Crippen molar-refractivity contribution in [1.82, 2.24) is 10.2 Å². The summed E-state index contributed by atoms with van der Waals surface area (Å²) in [6.45, 7) is 5.91. The first-order valence-electron chi connectivity index (χ1n) is 14.5. The van der Waals surface area contributed by atoms with Gasteiger partial charge in [-0.3, -0.25) is 13.9 Å². The Morgan fingerprint density at radius 2 is 1.39 bits per heavy atom. The molecule has 0 fully saturated rings. The van der Waals surface area contributed by atoms with E-state index in [-0.39, 0.29) is 29.7 Å². The second-order valence-corrected chi connectivity index (χ2v) is 13.5. The summed E-state index contributed by atoms with van der Waals surface area (Å²) in [5, 5.41) is 3.54. The van der Waals surface area contributed by atoms with Crippen LogP contribution in [0.25, 0.3) is 0 Å². The number of nitrogens with one attached hydrogen (secondary N) is 1. The number of aryl methyl sites for hydroxylation is 1. The van der Waals surface area contributed by atoms with Gasteiger partial charge in [-0.05, 0) is 60.4 Å². The number of benzene rings is 4. The van der Waals surface area contributed by atoms with E-state index in [1.807, 2.05) is 51.1 Å². The first-order valence-corrected chi connectivity index (χ1v) is 16.4. The summed E-state index contributed by atoms with van der Waals surface area (Å²) in [6.07, 6.45) is 0.250. The Bertz CT molecular complexity index is 1630. The molecule has 4 aromatic rings. The van der Waals surface area contributed by atoms with Gasteiger partial charge in [0, 0.05) is 24.5 Å². The molecule has 0 heterocycles. The molecule has 9 heteroatoms. The number of hydrogen-bond donors (Lipinski definition) is 1. The van der Waals surface area contributed by atoms with Crippen molar-refractivity contribution in [3.8, 4) is 0 Å². The van der Waals surface area contributed by atoms with Crippen molar-refractivity contribution in [2.75, 3.05) is 17.4 Å². The second-order valence-electron chi connectivity index (χ2n) is 11.2. The number of anilines is 1. The van der Waals surface area contributed by atoms with E-state index in [0.717, 1.165) is 21.0 Å². The molecule has 0 spiro atoms. The molecule has 0 saturated carbocycles. The lowest BCUT2D eigenvalue weighted by Crippen LogP contribution is -2.53. The maximum Gasteiger partial charge on any atom is 0.264 e. The highest BCUT2D eigenvalue weighted by Gasteiger charge is 2.34. The van der Waals surface area contributed by atoms with Crippen LogP contribution in [0.2, 0.25) is 5.02 Å². The molecule has 2 amide bonds. The van der Waals surface area contributed by atoms with E-state index in [2.05, 4.69) is 5.32 Å². The van der Waals surface area contributed by atoms with Gasteiger partial charge in [0.15, 0.2) is 0 Å². The first kappa shape index (κ1) is 32.8. The minimum Gasteiger partial charge on any atom is -0.354 e. The molecule has 4 rings (SSSR count). The Morgan fingerprint density at radius 3 is 1.98 bits per heavy atom. The van der Waals surface area contributed by atoms with Crippen molar-refractivity contribution >= 4 is 39.1 Å². The van der Waals surface area contributed by atoms with Crippen molar-refractivity contribution in [3.63, 3.8) is 0 Å². The van der Waals surface area contributed by atoms with Crippen LogP contribution in [-0.2, 0) is 32.6 Å². The molecule has 0 unspecified atom stereocenters. The average Bonchev–Trinajstić information content (AvgIpc) is 3.02. The molecule has 0 bridgehead atoms. The number of nitrogens with zero attached hydrogens (tertiary/aromatic N) is 2. The lowest BCUT2D eigenvalue weighted by molar-refractivity contribution is -0.140. The van der Waals surface area contributed by atoms with Crippen LogP contribution in [0.5, 0.6) is 0 Å². The Morgan fingerprint density at radius 1 is 0.795 bits per heavy atom. The summed E-state index contributed by atoms with van der Waals surface area (Å²) in [5.74, 6) is -0.622. The maximum absolute atomic E-state index is 14.4. The highest BCUT2D eigenvalue weighted by molar-refractivity contribution is 7.92. The molecule has 0 aliphatic heterocycles. The molecular weight excluding hydrogens is 594 g/mol. The van der Waals surface area contributed by atoms with Crippen LogP contribution in [0.3, 0.4) is 0 Å². The smallest absolute Gasteiger partial charge is 0.264 e. The van der Waals surface area contributed by atoms with E-state index < -0.39 is 28.5 Å². The predicted octanol–water partition coefficient (Wildman–Crippen LogP) is 6.26. The normalized spacial score (nSPS) is 12.0. The fraction of sp³-hybridized carbons (Fsp3) is 0.257. The van der Waals surface area contributed by atoms with Crippen molar-refractivity contribution in [2.45, 2.75) is 44.7 Å². The third kappa shape index (κ3) is 8.71. The van der Waals surface area contributed by atoms with Gasteiger partial charge in [-0.2, -0.15) is 0 Å². The second kappa shape index (κ2) is 15.0. The minimum absolute atomic E-state index is 0.0631. The standard InChI is InChI=1S/C35H38ClN3O4S/c1-26(2)23-37-35(41)33(22-28-10-6-4-7-11-28)38(24-29-16-18-30(36)19-17-29)34(40)25-39(31-20-14-27(3)15-21-31)44(42,43)32-12-8-5-9-13-32/h4-21,26,33H,22-25H2,1-3H3,(H,37,41)/t33-/m1/s1. The van der Waals surface area contributed by atoms with Crippen LogP contribution in [0.1, 0.15) is 30.5 Å². The van der Waals surface area contributed by atoms with Crippen LogP contribution in [-0.4, -0.2) is 44.3 Å². The van der Waals surface area contributed by atoms with Gasteiger partial charge in [0.1, 0.15) is 12.6 Å². The molecule has 0 aromatic heterocycles. The quantitative estimate of drug-likeness (QED) is 0.189. The lowest BCUT2D eigenvalue weighted by atomic mass is 10.0. The Kier molecular flexibility index (Phi) is 11.2. The molecule has 0 saturated heterocycles. The summed E-state index contributed by atoms with van der Waals surface area (Å²) >= 11 is 6.14. The molecule has 0 aliphatic carbocycles. The molecule has 4 aromatic carbocycles. The van der Waals surface area contributed by atoms with Crippen molar-refractivity contribution in [3.05, 3.63) is 131 Å². The number of carbonyl (C=O) groups excluding carboxylic acids is 2. The highest BCUT2D eigenvalue weighted by atomic mass is 35.5. The summed E-state index contributed by atoms with van der Waals surface area (Å²) in [6, 6.07) is 30.6. The van der Waals surface area contributed by atoms with Gasteiger partial charge >= 0.3 is 0 Å². The first-order chi connectivity index (χ1) is 21.0. The maximum atomic E-state index is 14.4. The number of amides is 2. The Balaban J connectivity index is 1.78. The zero-order valence-electron chi connectivity index (χ0n) is 25.2. The van der Waals surface area contributed by atoms with Gasteiger partial charge in [-0.15, -0.1) is 0 Å². The molecule has 0 radical (unpaired) electrons. The number of halogens is 1. The monoisotopic (exact) mass is 631 g/mol. The fourth-order valence-electron chi connectivity index (χ4n) is 4.72. The molecule has 230 valence electrons. The van der Waals surface area contributed by atoms with Gasteiger partial charge in [-0.1, -0.05) is 104 Å². The van der Waals surface area contributed by atoms with Gasteiger partial charge < -0.3 is 10.2 Å². The predicted molar refractivity (Wildman–Crippen MR) is 176 cm³/mol. The van der Waals surface area contributed by atoms with Crippen LogP contribution in [0.4, 0.5) is 5.69 Å². The van der Waals surface area contributed by atoms with E-state index in [0.29, 0.717) is 17.3 Å². The summed E-state index contributed by atoms with van der Waals surface area (Å²) in [5.41, 5.74) is 2.93. The SMILES string of the molecule is Cc1ccc(N(CC(=O)N(Cc2ccc(Cl)cc2)[C@H](Cc2ccccc2)C(=O)NCC(C)C)S(=O)(=O)c2ccccc2)cc1. The molecule has 0 aliphatic rings. The summed E-state index contributed by atoms with van der Waals surface area (Å²) < 4.78 is 29.1. The number of rotatable bonds is 13. The Hall–Kier alpha value is -4.14. The largest absolute Gasteiger partial charge is 0.354 e. The lowest BCUT2D eigenvalue weighted by Gasteiger charge is -2.34.